The van der Waals surface area contributed by atoms with Crippen molar-refractivity contribution in [2.24, 2.45) is 5.92 Å². The number of hydrogen-bond donors (Lipinski definition) is 1. The number of aromatic nitrogens is 1. The lowest BCUT2D eigenvalue weighted by atomic mass is 9.88. The van der Waals surface area contributed by atoms with Gasteiger partial charge in [-0.05, 0) is 25.0 Å². The van der Waals surface area contributed by atoms with E-state index in [1.54, 1.807) is 18.3 Å². The molecule has 0 radical (unpaired) electrons. The molecule has 18 heavy (non-hydrogen) atoms. The zero-order valence-electron chi connectivity index (χ0n) is 10.3. The van der Waals surface area contributed by atoms with E-state index >= 15 is 0 Å². The van der Waals surface area contributed by atoms with Crippen molar-refractivity contribution in [3.63, 3.8) is 0 Å². The van der Waals surface area contributed by atoms with Gasteiger partial charge in [0.1, 0.15) is 0 Å². The van der Waals surface area contributed by atoms with Gasteiger partial charge in [0.05, 0.1) is 11.8 Å². The summed E-state index contributed by atoms with van der Waals surface area (Å²) in [6, 6.07) is 6.83. The van der Waals surface area contributed by atoms with Crippen molar-refractivity contribution in [2.75, 3.05) is 0 Å². The van der Waals surface area contributed by atoms with Crippen LogP contribution in [0.15, 0.2) is 24.4 Å². The van der Waals surface area contributed by atoms with Crippen LogP contribution in [0, 0.1) is 17.2 Å². The fourth-order valence-electron chi connectivity index (χ4n) is 2.34. The van der Waals surface area contributed by atoms with Crippen molar-refractivity contribution >= 4 is 5.91 Å². The molecule has 1 aliphatic rings. The van der Waals surface area contributed by atoms with Gasteiger partial charge in [-0.1, -0.05) is 25.3 Å². The van der Waals surface area contributed by atoms with E-state index in [0.29, 0.717) is 5.69 Å². The number of pyridine rings is 1. The highest BCUT2D eigenvalue weighted by Gasteiger charge is 2.24. The van der Waals surface area contributed by atoms with Crippen LogP contribution < -0.4 is 5.32 Å². The van der Waals surface area contributed by atoms with Crippen LogP contribution in [0.2, 0.25) is 0 Å². The van der Waals surface area contributed by atoms with Crippen molar-refractivity contribution in [3.05, 3.63) is 30.1 Å². The van der Waals surface area contributed by atoms with Crippen LogP contribution >= 0.6 is 0 Å². The Bertz CT molecular complexity index is 432. The van der Waals surface area contributed by atoms with Gasteiger partial charge >= 0.3 is 0 Å². The fourth-order valence-corrected chi connectivity index (χ4v) is 2.34. The summed E-state index contributed by atoms with van der Waals surface area (Å²) in [7, 11) is 0. The molecule has 1 fully saturated rings. The number of carbonyl (C=O) groups is 1. The number of carbonyl (C=O) groups excluding carboxylic acids is 1. The second-order valence-corrected chi connectivity index (χ2v) is 4.66. The van der Waals surface area contributed by atoms with Crippen LogP contribution in [0.1, 0.15) is 43.8 Å². The SMILES string of the molecule is N#CC(NC(=O)C1CCCCC1)c1ccccn1. The lowest BCUT2D eigenvalue weighted by Crippen LogP contribution is -2.34. The van der Waals surface area contributed by atoms with Gasteiger partial charge in [0, 0.05) is 12.1 Å². The zero-order valence-corrected chi connectivity index (χ0v) is 10.3. The Morgan fingerprint density at radius 2 is 2.17 bits per heavy atom. The average Bonchev–Trinajstić information content (AvgIpc) is 2.46. The van der Waals surface area contributed by atoms with Crippen molar-refractivity contribution < 1.29 is 4.79 Å². The summed E-state index contributed by atoms with van der Waals surface area (Å²) < 4.78 is 0. The Kier molecular flexibility index (Phi) is 4.30. The molecule has 0 aliphatic heterocycles. The monoisotopic (exact) mass is 243 g/mol. The minimum Gasteiger partial charge on any atom is -0.335 e. The maximum Gasteiger partial charge on any atom is 0.224 e. The third-order valence-corrected chi connectivity index (χ3v) is 3.38. The predicted octanol–water partition coefficient (Wildman–Crippen LogP) is 2.34. The maximum atomic E-state index is 12.1. The first-order valence-electron chi connectivity index (χ1n) is 6.42. The first kappa shape index (κ1) is 12.6. The van der Waals surface area contributed by atoms with Crippen LogP contribution in [0.25, 0.3) is 0 Å². The first-order valence-corrected chi connectivity index (χ1v) is 6.42. The summed E-state index contributed by atoms with van der Waals surface area (Å²) >= 11 is 0. The van der Waals surface area contributed by atoms with Gasteiger partial charge in [0.25, 0.3) is 0 Å². The third-order valence-electron chi connectivity index (χ3n) is 3.38. The molecule has 1 heterocycles. The molecule has 1 atom stereocenters. The van der Waals surface area contributed by atoms with Gasteiger partial charge in [-0.25, -0.2) is 0 Å². The molecule has 1 N–H and O–H groups in total. The average molecular weight is 243 g/mol. The van der Waals surface area contributed by atoms with E-state index in [9.17, 15) is 4.79 Å². The van der Waals surface area contributed by atoms with E-state index in [2.05, 4.69) is 16.4 Å². The Hall–Kier alpha value is -1.89. The first-order chi connectivity index (χ1) is 8.81. The number of hydrogen-bond acceptors (Lipinski definition) is 3. The number of nitrogens with one attached hydrogen (secondary N) is 1. The molecule has 4 heteroatoms. The summed E-state index contributed by atoms with van der Waals surface area (Å²) in [6.45, 7) is 0. The smallest absolute Gasteiger partial charge is 0.224 e. The summed E-state index contributed by atoms with van der Waals surface area (Å²) in [5.74, 6) is 0.0604. The van der Waals surface area contributed by atoms with Crippen molar-refractivity contribution in [2.45, 2.75) is 38.1 Å². The molecule has 0 saturated heterocycles. The van der Waals surface area contributed by atoms with Crippen LogP contribution in [-0.2, 0) is 4.79 Å². The van der Waals surface area contributed by atoms with Crippen molar-refractivity contribution in [3.8, 4) is 6.07 Å². The highest BCUT2D eigenvalue weighted by molar-refractivity contribution is 5.79. The van der Waals surface area contributed by atoms with E-state index in [-0.39, 0.29) is 11.8 Å². The molecular weight excluding hydrogens is 226 g/mol. The predicted molar refractivity (Wildman–Crippen MR) is 67.3 cm³/mol. The maximum absolute atomic E-state index is 12.1. The van der Waals surface area contributed by atoms with Crippen LogP contribution in [0.5, 0.6) is 0 Å². The molecule has 94 valence electrons. The van der Waals surface area contributed by atoms with E-state index in [0.717, 1.165) is 25.7 Å². The molecular formula is C14H17N3O. The van der Waals surface area contributed by atoms with E-state index in [1.807, 2.05) is 6.07 Å². The summed E-state index contributed by atoms with van der Waals surface area (Å²) in [4.78, 5) is 16.2. The van der Waals surface area contributed by atoms with Crippen molar-refractivity contribution in [1.29, 1.82) is 5.26 Å². The molecule has 4 nitrogen and oxygen atoms in total. The number of amides is 1. The topological polar surface area (TPSA) is 65.8 Å². The van der Waals surface area contributed by atoms with Crippen LogP contribution in [0.4, 0.5) is 0 Å². The Labute approximate surface area is 107 Å². The minimum absolute atomic E-state index is 0.00750. The minimum atomic E-state index is -0.638. The summed E-state index contributed by atoms with van der Waals surface area (Å²) in [5.41, 5.74) is 0.601. The molecule has 1 saturated carbocycles. The van der Waals surface area contributed by atoms with Gasteiger partial charge in [-0.15, -0.1) is 0 Å². The third kappa shape index (κ3) is 3.07. The number of nitriles is 1. The Morgan fingerprint density at radius 3 is 2.78 bits per heavy atom. The molecule has 0 spiro atoms. The highest BCUT2D eigenvalue weighted by Crippen LogP contribution is 2.24. The lowest BCUT2D eigenvalue weighted by molar-refractivity contribution is -0.126. The molecule has 1 amide bonds. The summed E-state index contributed by atoms with van der Waals surface area (Å²) in [5, 5.41) is 11.9. The van der Waals surface area contributed by atoms with Gasteiger partial charge < -0.3 is 5.32 Å². The Balaban J connectivity index is 1.98. The molecule has 1 unspecified atom stereocenters. The largest absolute Gasteiger partial charge is 0.335 e. The van der Waals surface area contributed by atoms with E-state index in [4.69, 9.17) is 5.26 Å². The molecule has 0 aromatic carbocycles. The van der Waals surface area contributed by atoms with E-state index < -0.39 is 6.04 Å². The Morgan fingerprint density at radius 1 is 1.39 bits per heavy atom. The second kappa shape index (κ2) is 6.15. The van der Waals surface area contributed by atoms with Gasteiger partial charge in [-0.3, -0.25) is 9.78 Å². The normalized spacial score (nSPS) is 17.7. The van der Waals surface area contributed by atoms with Gasteiger partial charge in [0.15, 0.2) is 6.04 Å². The molecule has 1 aromatic heterocycles. The standard InChI is InChI=1S/C14H17N3O/c15-10-13(12-8-4-5-9-16-12)17-14(18)11-6-2-1-3-7-11/h4-5,8-9,11,13H,1-3,6-7H2,(H,17,18). The van der Waals surface area contributed by atoms with Crippen molar-refractivity contribution in [1.82, 2.24) is 10.3 Å². The van der Waals surface area contributed by atoms with E-state index in [1.165, 1.54) is 6.42 Å². The quantitative estimate of drug-likeness (QED) is 0.886. The molecule has 1 aliphatic carbocycles. The highest BCUT2D eigenvalue weighted by atomic mass is 16.1. The molecule has 0 bridgehead atoms. The van der Waals surface area contributed by atoms with Gasteiger partial charge in [0.2, 0.25) is 5.91 Å². The number of rotatable bonds is 3. The lowest BCUT2D eigenvalue weighted by Gasteiger charge is -2.22. The van der Waals surface area contributed by atoms with Crippen LogP contribution in [0.3, 0.4) is 0 Å². The second-order valence-electron chi connectivity index (χ2n) is 4.66. The fraction of sp³-hybridized carbons (Fsp3) is 0.500. The number of nitrogens with zero attached hydrogens (tertiary/aromatic N) is 2. The zero-order chi connectivity index (χ0) is 12.8. The van der Waals surface area contributed by atoms with Crippen LogP contribution in [-0.4, -0.2) is 10.9 Å². The van der Waals surface area contributed by atoms with Gasteiger partial charge in [-0.2, -0.15) is 5.26 Å². The summed E-state index contributed by atoms with van der Waals surface area (Å²) in [6.07, 6.45) is 6.94. The molecule has 1 aromatic rings. The molecule has 2 rings (SSSR count).